The Morgan fingerprint density at radius 2 is 1.69 bits per heavy atom. The van der Waals surface area contributed by atoms with E-state index in [9.17, 15) is 14.9 Å². The summed E-state index contributed by atoms with van der Waals surface area (Å²) in [5.74, 6) is -0.160. The van der Waals surface area contributed by atoms with Gasteiger partial charge < -0.3 is 15.1 Å². The van der Waals surface area contributed by atoms with Gasteiger partial charge in [-0.1, -0.05) is 29.8 Å². The minimum absolute atomic E-state index is 0.0246. The number of carbonyl (C=O) groups is 2. The highest BCUT2D eigenvalue weighted by Gasteiger charge is 2.31. The highest BCUT2D eigenvalue weighted by molar-refractivity contribution is 6.31. The van der Waals surface area contributed by atoms with Crippen LogP contribution in [0.15, 0.2) is 53.9 Å². The van der Waals surface area contributed by atoms with E-state index in [1.54, 1.807) is 12.1 Å². The molecule has 6 nitrogen and oxygen atoms in total. The Morgan fingerprint density at radius 3 is 2.24 bits per heavy atom. The lowest BCUT2D eigenvalue weighted by atomic mass is 10.1. The molecule has 0 spiro atoms. The van der Waals surface area contributed by atoms with Crippen LogP contribution in [0.5, 0.6) is 0 Å². The summed E-state index contributed by atoms with van der Waals surface area (Å²) in [6, 6.07) is 14.9. The Hall–Kier alpha value is -3.30. The first kappa shape index (κ1) is 20.4. The standard InChI is InChI=1S/C22H21ClN4O2/c1-14-8-9-15(12-17(14)23)25-21(29)11-10-20(28)16(13-24)22-26(2)18-6-4-5-7-19(18)27(22)3/h4-9,12H,10-11H2,1-3H3,(H,25,29). The Morgan fingerprint density at radius 1 is 1.07 bits per heavy atom. The van der Waals surface area contributed by atoms with Crippen LogP contribution < -0.4 is 15.1 Å². The SMILES string of the molecule is Cc1ccc(NC(=O)CCC(=O)C(C#N)=C2N(C)c3ccccc3N2C)cc1Cl. The Labute approximate surface area is 175 Å². The average molecular weight is 409 g/mol. The molecule has 2 aromatic carbocycles. The monoisotopic (exact) mass is 408 g/mol. The van der Waals surface area contributed by atoms with Gasteiger partial charge in [0, 0.05) is 37.6 Å². The zero-order valence-corrected chi connectivity index (χ0v) is 17.2. The summed E-state index contributed by atoms with van der Waals surface area (Å²) < 4.78 is 0. The molecule has 3 rings (SSSR count). The van der Waals surface area contributed by atoms with Crippen LogP contribution in [0.2, 0.25) is 5.02 Å². The predicted octanol–water partition coefficient (Wildman–Crippen LogP) is 4.26. The summed E-state index contributed by atoms with van der Waals surface area (Å²) in [6.07, 6.45) is -0.0843. The largest absolute Gasteiger partial charge is 0.328 e. The molecule has 29 heavy (non-hydrogen) atoms. The number of hydrogen-bond acceptors (Lipinski definition) is 5. The Balaban J connectivity index is 1.71. The molecule has 0 saturated heterocycles. The molecule has 0 saturated carbocycles. The lowest BCUT2D eigenvalue weighted by Crippen LogP contribution is -2.26. The van der Waals surface area contributed by atoms with Crippen molar-refractivity contribution in [2.75, 3.05) is 29.2 Å². The number of allylic oxidation sites excluding steroid dienone is 1. The second kappa shape index (κ2) is 8.38. The summed E-state index contributed by atoms with van der Waals surface area (Å²) in [6.45, 7) is 1.87. The number of nitrogens with one attached hydrogen (secondary N) is 1. The smallest absolute Gasteiger partial charge is 0.224 e. The van der Waals surface area contributed by atoms with Crippen LogP contribution in [-0.2, 0) is 9.59 Å². The maximum atomic E-state index is 12.7. The fourth-order valence-electron chi connectivity index (χ4n) is 3.30. The van der Waals surface area contributed by atoms with Crippen molar-refractivity contribution >= 4 is 40.4 Å². The highest BCUT2D eigenvalue weighted by Crippen LogP contribution is 2.40. The molecule has 0 aromatic heterocycles. The number of nitrogens with zero attached hydrogens (tertiary/aromatic N) is 3. The third-order valence-electron chi connectivity index (χ3n) is 4.89. The van der Waals surface area contributed by atoms with Crippen molar-refractivity contribution in [2.24, 2.45) is 0 Å². The van der Waals surface area contributed by atoms with Crippen LogP contribution in [0.4, 0.5) is 17.1 Å². The maximum Gasteiger partial charge on any atom is 0.224 e. The third-order valence-corrected chi connectivity index (χ3v) is 5.30. The summed E-state index contributed by atoms with van der Waals surface area (Å²) in [5.41, 5.74) is 3.36. The zero-order chi connectivity index (χ0) is 21.1. The number of anilines is 3. The molecule has 1 N–H and O–H groups in total. The number of halogens is 1. The number of carbonyl (C=O) groups excluding carboxylic acids is 2. The number of fused-ring (bicyclic) bond motifs is 1. The van der Waals surface area contributed by atoms with E-state index in [-0.39, 0.29) is 30.1 Å². The maximum absolute atomic E-state index is 12.7. The summed E-state index contributed by atoms with van der Waals surface area (Å²) >= 11 is 6.07. The van der Waals surface area contributed by atoms with Gasteiger partial charge in [-0.15, -0.1) is 0 Å². The number of ketones is 1. The molecular weight excluding hydrogens is 388 g/mol. The third kappa shape index (κ3) is 4.10. The average Bonchev–Trinajstić information content (AvgIpc) is 2.95. The van der Waals surface area contributed by atoms with Crippen LogP contribution in [0.1, 0.15) is 18.4 Å². The van der Waals surface area contributed by atoms with Crippen molar-refractivity contribution in [1.29, 1.82) is 5.26 Å². The van der Waals surface area contributed by atoms with Gasteiger partial charge in [-0.25, -0.2) is 0 Å². The lowest BCUT2D eigenvalue weighted by molar-refractivity contribution is -0.120. The van der Waals surface area contributed by atoms with Gasteiger partial charge >= 0.3 is 0 Å². The number of aryl methyl sites for hydroxylation is 1. The summed E-state index contributed by atoms with van der Waals surface area (Å²) in [4.78, 5) is 28.6. The van der Waals surface area contributed by atoms with Crippen LogP contribution in [0.25, 0.3) is 0 Å². The fraction of sp³-hybridized carbons (Fsp3) is 0.227. The Bertz CT molecular complexity index is 1020. The quantitative estimate of drug-likeness (QED) is 0.591. The predicted molar refractivity (Wildman–Crippen MR) is 115 cm³/mol. The van der Waals surface area contributed by atoms with Crippen LogP contribution in [0.3, 0.4) is 0 Å². The van der Waals surface area contributed by atoms with Gasteiger partial charge in [0.1, 0.15) is 17.5 Å². The summed E-state index contributed by atoms with van der Waals surface area (Å²) in [5, 5.41) is 12.9. The molecule has 148 valence electrons. The van der Waals surface area contributed by atoms with Crippen molar-refractivity contribution < 1.29 is 9.59 Å². The first-order chi connectivity index (χ1) is 13.8. The van der Waals surface area contributed by atoms with Crippen molar-refractivity contribution in [3.05, 3.63) is 64.4 Å². The highest BCUT2D eigenvalue weighted by atomic mass is 35.5. The second-order valence-electron chi connectivity index (χ2n) is 6.85. The van der Waals surface area contributed by atoms with Crippen molar-refractivity contribution in [2.45, 2.75) is 19.8 Å². The molecule has 7 heteroatoms. The van der Waals surface area contributed by atoms with E-state index in [0.29, 0.717) is 16.5 Å². The van der Waals surface area contributed by atoms with E-state index in [4.69, 9.17) is 11.6 Å². The molecule has 1 amide bonds. The number of rotatable bonds is 5. The van der Waals surface area contributed by atoms with Gasteiger partial charge in [0.25, 0.3) is 0 Å². The van der Waals surface area contributed by atoms with E-state index in [2.05, 4.69) is 5.32 Å². The van der Waals surface area contributed by atoms with Gasteiger partial charge in [-0.3, -0.25) is 9.59 Å². The number of hydrogen-bond donors (Lipinski definition) is 1. The van der Waals surface area contributed by atoms with Gasteiger partial charge in [0.2, 0.25) is 5.91 Å². The molecule has 0 fully saturated rings. The van der Waals surface area contributed by atoms with Gasteiger partial charge in [0.05, 0.1) is 11.4 Å². The minimum Gasteiger partial charge on any atom is -0.328 e. The molecule has 0 radical (unpaired) electrons. The van der Waals surface area contributed by atoms with Crippen molar-refractivity contribution in [1.82, 2.24) is 0 Å². The van der Waals surface area contributed by atoms with Crippen molar-refractivity contribution in [3.63, 3.8) is 0 Å². The first-order valence-corrected chi connectivity index (χ1v) is 9.51. The lowest BCUT2D eigenvalue weighted by Gasteiger charge is -2.19. The molecular formula is C22H21ClN4O2. The number of Topliss-reactive ketones (excluding diaryl/α,β-unsaturated/α-hetero) is 1. The molecule has 0 aliphatic carbocycles. The molecule has 0 unspecified atom stereocenters. The number of benzene rings is 2. The zero-order valence-electron chi connectivity index (χ0n) is 16.5. The van der Waals surface area contributed by atoms with E-state index in [0.717, 1.165) is 16.9 Å². The molecule has 1 aliphatic rings. The van der Waals surface area contributed by atoms with E-state index in [1.165, 1.54) is 0 Å². The van der Waals surface area contributed by atoms with Gasteiger partial charge in [-0.2, -0.15) is 5.26 Å². The number of amides is 1. The van der Waals surface area contributed by atoms with Crippen LogP contribution in [0, 0.1) is 18.3 Å². The number of nitriles is 1. The van der Waals surface area contributed by atoms with Gasteiger partial charge in [0.15, 0.2) is 5.78 Å². The van der Waals surface area contributed by atoms with Crippen LogP contribution in [-0.4, -0.2) is 25.8 Å². The first-order valence-electron chi connectivity index (χ1n) is 9.13. The van der Waals surface area contributed by atoms with E-state index in [1.807, 2.05) is 67.2 Å². The minimum atomic E-state index is -0.369. The number of para-hydroxylation sites is 2. The van der Waals surface area contributed by atoms with E-state index >= 15 is 0 Å². The summed E-state index contributed by atoms with van der Waals surface area (Å²) in [7, 11) is 3.63. The second-order valence-corrected chi connectivity index (χ2v) is 7.26. The topological polar surface area (TPSA) is 76.4 Å². The normalized spacial score (nSPS) is 12.4. The Kier molecular flexibility index (Phi) is 5.90. The fourth-order valence-corrected chi connectivity index (χ4v) is 3.48. The molecule has 1 aliphatic heterocycles. The molecule has 1 heterocycles. The molecule has 0 bridgehead atoms. The van der Waals surface area contributed by atoms with Crippen LogP contribution >= 0.6 is 11.6 Å². The van der Waals surface area contributed by atoms with Crippen molar-refractivity contribution in [3.8, 4) is 6.07 Å². The van der Waals surface area contributed by atoms with Gasteiger partial charge in [-0.05, 0) is 36.8 Å². The van der Waals surface area contributed by atoms with E-state index < -0.39 is 0 Å². The molecule has 0 atom stereocenters. The molecule has 2 aromatic rings.